The number of carbonyl (C=O) groups is 3. The summed E-state index contributed by atoms with van der Waals surface area (Å²) in [5.41, 5.74) is 0. The van der Waals surface area contributed by atoms with E-state index in [1.807, 2.05) is 0 Å². The molecular weight excluding hydrogens is 925 g/mol. The van der Waals surface area contributed by atoms with Crippen LogP contribution in [-0.4, -0.2) is 37.2 Å². The van der Waals surface area contributed by atoms with E-state index in [1.165, 1.54) is 238 Å². The monoisotopic (exact) mass is 1050 g/mol. The van der Waals surface area contributed by atoms with Gasteiger partial charge >= 0.3 is 17.9 Å². The van der Waals surface area contributed by atoms with Crippen LogP contribution in [-0.2, 0) is 28.6 Å². The summed E-state index contributed by atoms with van der Waals surface area (Å²) >= 11 is 0. The maximum absolute atomic E-state index is 12.9. The number of ether oxygens (including phenoxy) is 3. The molecule has 1 unspecified atom stereocenters. The molecule has 0 aromatic rings. The predicted molar refractivity (Wildman–Crippen MR) is 326 cm³/mol. The first kappa shape index (κ1) is 72.6. The average Bonchev–Trinajstić information content (AvgIpc) is 3.41. The molecule has 0 rings (SSSR count). The molecule has 0 saturated heterocycles. The van der Waals surface area contributed by atoms with Crippen LogP contribution in [0.1, 0.15) is 367 Å². The van der Waals surface area contributed by atoms with Gasteiger partial charge in [0.15, 0.2) is 6.10 Å². The van der Waals surface area contributed by atoms with Gasteiger partial charge < -0.3 is 14.2 Å². The lowest BCUT2D eigenvalue weighted by Crippen LogP contribution is -2.30. The molecule has 0 N–H and O–H groups in total. The summed E-state index contributed by atoms with van der Waals surface area (Å²) < 4.78 is 16.9. The molecule has 0 fully saturated rings. The fourth-order valence-corrected chi connectivity index (χ4v) is 10.0. The molecule has 0 heterocycles. The molecule has 6 heteroatoms. The Labute approximate surface area is 467 Å². The average molecular weight is 1050 g/mol. The van der Waals surface area contributed by atoms with Gasteiger partial charge in [0.1, 0.15) is 13.2 Å². The number of allylic oxidation sites excluding steroid dienone is 6. The van der Waals surface area contributed by atoms with Crippen molar-refractivity contribution in [3.8, 4) is 0 Å². The fraction of sp³-hybridized carbons (Fsp3) is 0.870. The molecule has 75 heavy (non-hydrogen) atoms. The van der Waals surface area contributed by atoms with Gasteiger partial charge in [-0.1, -0.05) is 314 Å². The minimum absolute atomic E-state index is 0.0766. The maximum atomic E-state index is 12.9. The second-order valence-corrected chi connectivity index (χ2v) is 22.7. The number of hydrogen-bond acceptors (Lipinski definition) is 6. The van der Waals surface area contributed by atoms with Crippen LogP contribution in [0.25, 0.3) is 0 Å². The normalized spacial score (nSPS) is 12.2. The molecule has 0 aromatic carbocycles. The van der Waals surface area contributed by atoms with Crippen molar-refractivity contribution in [3.05, 3.63) is 36.5 Å². The van der Waals surface area contributed by atoms with Gasteiger partial charge in [0, 0.05) is 19.3 Å². The highest BCUT2D eigenvalue weighted by Gasteiger charge is 2.19. The molecule has 440 valence electrons. The van der Waals surface area contributed by atoms with Gasteiger partial charge in [-0.15, -0.1) is 0 Å². The zero-order valence-corrected chi connectivity index (χ0v) is 50.6. The van der Waals surface area contributed by atoms with Crippen LogP contribution in [0.5, 0.6) is 0 Å². The molecule has 0 spiro atoms. The van der Waals surface area contributed by atoms with E-state index in [0.29, 0.717) is 19.3 Å². The Balaban J connectivity index is 4.15. The van der Waals surface area contributed by atoms with Gasteiger partial charge in [-0.2, -0.15) is 0 Å². The molecule has 1 atom stereocenters. The third-order valence-electron chi connectivity index (χ3n) is 15.1. The Morgan fingerprint density at radius 2 is 0.493 bits per heavy atom. The molecule has 0 aliphatic carbocycles. The van der Waals surface area contributed by atoms with E-state index in [2.05, 4.69) is 57.2 Å². The van der Waals surface area contributed by atoms with Gasteiger partial charge in [0.2, 0.25) is 0 Å². The van der Waals surface area contributed by atoms with E-state index in [9.17, 15) is 14.4 Å². The lowest BCUT2D eigenvalue weighted by molar-refractivity contribution is -0.167. The van der Waals surface area contributed by atoms with E-state index in [0.717, 1.165) is 89.9 Å². The third-order valence-corrected chi connectivity index (χ3v) is 15.1. The minimum Gasteiger partial charge on any atom is -0.462 e. The predicted octanol–water partition coefficient (Wildman–Crippen LogP) is 22.8. The summed E-state index contributed by atoms with van der Waals surface area (Å²) in [6.45, 7) is 6.63. The maximum Gasteiger partial charge on any atom is 0.306 e. The Kier molecular flexibility index (Phi) is 62.1. The lowest BCUT2D eigenvalue weighted by Gasteiger charge is -2.18. The standard InChI is InChI=1S/C69H128O6/c1-4-7-10-13-16-19-22-25-28-29-30-31-32-33-34-35-36-37-38-39-40-41-42-45-47-50-53-56-59-62-68(71)74-65-66(75-69(72)63-60-57-54-51-48-44-27-24-21-18-15-12-9-6-3)64-73-67(70)61-58-55-52-49-46-43-26-23-20-17-14-11-8-5-2/h15,18,23-24,26-27,66H,4-14,16-17,19-22,25,28-65H2,1-3H3/b18-15-,26-23-,27-24-. The highest BCUT2D eigenvalue weighted by Crippen LogP contribution is 2.18. The summed E-state index contributed by atoms with van der Waals surface area (Å²) in [5.74, 6) is -0.878. The summed E-state index contributed by atoms with van der Waals surface area (Å²) in [5, 5.41) is 0. The van der Waals surface area contributed by atoms with Gasteiger partial charge in [-0.05, 0) is 70.6 Å². The van der Waals surface area contributed by atoms with Gasteiger partial charge in [0.05, 0.1) is 0 Å². The van der Waals surface area contributed by atoms with E-state index in [4.69, 9.17) is 14.2 Å². The highest BCUT2D eigenvalue weighted by atomic mass is 16.6. The highest BCUT2D eigenvalue weighted by molar-refractivity contribution is 5.71. The van der Waals surface area contributed by atoms with Crippen LogP contribution >= 0.6 is 0 Å². The molecule has 0 aliphatic rings. The van der Waals surface area contributed by atoms with Crippen molar-refractivity contribution in [1.82, 2.24) is 0 Å². The second-order valence-electron chi connectivity index (χ2n) is 22.7. The van der Waals surface area contributed by atoms with Crippen molar-refractivity contribution in [2.24, 2.45) is 0 Å². The number of hydrogen-bond donors (Lipinski definition) is 0. The Morgan fingerprint density at radius 1 is 0.267 bits per heavy atom. The third kappa shape index (κ3) is 62.4. The Hall–Kier alpha value is -2.37. The van der Waals surface area contributed by atoms with E-state index < -0.39 is 6.10 Å². The first-order valence-corrected chi connectivity index (χ1v) is 33.5. The molecule has 0 radical (unpaired) electrons. The van der Waals surface area contributed by atoms with E-state index in [-0.39, 0.29) is 31.1 Å². The van der Waals surface area contributed by atoms with Crippen molar-refractivity contribution < 1.29 is 28.6 Å². The van der Waals surface area contributed by atoms with Crippen molar-refractivity contribution in [2.45, 2.75) is 374 Å². The quantitative estimate of drug-likeness (QED) is 0.0261. The van der Waals surface area contributed by atoms with E-state index >= 15 is 0 Å². The lowest BCUT2D eigenvalue weighted by atomic mass is 10.0. The minimum atomic E-state index is -0.781. The first-order valence-electron chi connectivity index (χ1n) is 33.5. The number of carbonyl (C=O) groups excluding carboxylic acids is 3. The van der Waals surface area contributed by atoms with Crippen molar-refractivity contribution >= 4 is 17.9 Å². The molecule has 0 aliphatic heterocycles. The second kappa shape index (κ2) is 64.2. The van der Waals surface area contributed by atoms with Gasteiger partial charge in [0.25, 0.3) is 0 Å². The van der Waals surface area contributed by atoms with Crippen molar-refractivity contribution in [1.29, 1.82) is 0 Å². The summed E-state index contributed by atoms with van der Waals surface area (Å²) in [7, 11) is 0. The van der Waals surface area contributed by atoms with Crippen LogP contribution in [0.2, 0.25) is 0 Å². The summed E-state index contributed by atoms with van der Waals surface area (Å²) in [6, 6.07) is 0. The summed E-state index contributed by atoms with van der Waals surface area (Å²) in [4.78, 5) is 38.3. The van der Waals surface area contributed by atoms with Crippen molar-refractivity contribution in [3.63, 3.8) is 0 Å². The topological polar surface area (TPSA) is 78.9 Å². The molecular formula is C69H128O6. The molecule has 0 bridgehead atoms. The van der Waals surface area contributed by atoms with Crippen LogP contribution < -0.4 is 0 Å². The van der Waals surface area contributed by atoms with Crippen LogP contribution in [0.4, 0.5) is 0 Å². The molecule has 6 nitrogen and oxygen atoms in total. The number of unbranched alkanes of at least 4 members (excludes halogenated alkanes) is 45. The van der Waals surface area contributed by atoms with Gasteiger partial charge in [-0.25, -0.2) is 0 Å². The summed E-state index contributed by atoms with van der Waals surface area (Å²) in [6.07, 6.45) is 78.9. The number of esters is 3. The van der Waals surface area contributed by atoms with Crippen LogP contribution in [0.3, 0.4) is 0 Å². The van der Waals surface area contributed by atoms with E-state index in [1.54, 1.807) is 0 Å². The Morgan fingerprint density at radius 3 is 0.787 bits per heavy atom. The van der Waals surface area contributed by atoms with Gasteiger partial charge in [-0.3, -0.25) is 14.4 Å². The zero-order chi connectivity index (χ0) is 54.3. The van der Waals surface area contributed by atoms with Crippen LogP contribution in [0, 0.1) is 0 Å². The SMILES string of the molecule is CCCC/C=C\C/C=C\CCCCCCCC(=O)OC(COC(=O)CCCCCCC/C=C\CCCCCCC)COC(=O)CCCCCCCCCCCCCCCCCCCCCCCCCCCCCCC. The molecule has 0 amide bonds. The first-order chi connectivity index (χ1) is 37.0. The van der Waals surface area contributed by atoms with Crippen molar-refractivity contribution in [2.75, 3.05) is 13.2 Å². The Bertz CT molecular complexity index is 1250. The molecule has 0 saturated carbocycles. The fourth-order valence-electron chi connectivity index (χ4n) is 10.0. The number of rotatable bonds is 62. The smallest absolute Gasteiger partial charge is 0.306 e. The molecule has 0 aromatic heterocycles. The largest absolute Gasteiger partial charge is 0.462 e. The van der Waals surface area contributed by atoms with Crippen LogP contribution in [0.15, 0.2) is 36.5 Å². The zero-order valence-electron chi connectivity index (χ0n) is 50.6.